The summed E-state index contributed by atoms with van der Waals surface area (Å²) in [5.74, 6) is 2.36. The number of alkyl halides is 1. The minimum Gasteiger partial charge on any atom is -0.493 e. The lowest BCUT2D eigenvalue weighted by Crippen LogP contribution is -2.28. The lowest BCUT2D eigenvalue weighted by atomic mass is 10.1. The Morgan fingerprint density at radius 2 is 2.05 bits per heavy atom. The van der Waals surface area contributed by atoms with Gasteiger partial charge in [0.15, 0.2) is 11.5 Å². The van der Waals surface area contributed by atoms with E-state index in [-0.39, 0.29) is 0 Å². The number of likely N-dealkylation sites (tertiary alicyclic amines) is 1. The van der Waals surface area contributed by atoms with Gasteiger partial charge < -0.3 is 9.47 Å². The highest BCUT2D eigenvalue weighted by Crippen LogP contribution is 2.30. The van der Waals surface area contributed by atoms with Crippen LogP contribution in [0.25, 0.3) is 0 Å². The van der Waals surface area contributed by atoms with Crippen molar-refractivity contribution in [2.75, 3.05) is 26.6 Å². The highest BCUT2D eigenvalue weighted by atomic mass is 35.5. The minimum atomic E-state index is 0.682. The molecule has 1 unspecified atom stereocenters. The van der Waals surface area contributed by atoms with Gasteiger partial charge in [0, 0.05) is 18.5 Å². The van der Waals surface area contributed by atoms with Crippen LogP contribution in [-0.4, -0.2) is 37.6 Å². The molecule has 1 atom stereocenters. The normalized spacial score (nSPS) is 19.2. The smallest absolute Gasteiger partial charge is 0.161 e. The Kier molecular flexibility index (Phi) is 5.99. The predicted molar refractivity (Wildman–Crippen MR) is 82.9 cm³/mol. The number of halogens is 1. The van der Waals surface area contributed by atoms with Crippen LogP contribution in [-0.2, 0) is 6.54 Å². The van der Waals surface area contributed by atoms with Crippen LogP contribution in [0.3, 0.4) is 0 Å². The number of hydrogen-bond donors (Lipinski definition) is 0. The summed E-state index contributed by atoms with van der Waals surface area (Å²) >= 11 is 5.81. The average molecular weight is 298 g/mol. The molecule has 0 radical (unpaired) electrons. The molecule has 1 heterocycles. The van der Waals surface area contributed by atoms with Gasteiger partial charge in [-0.25, -0.2) is 0 Å². The molecule has 0 spiro atoms. The van der Waals surface area contributed by atoms with Crippen LogP contribution in [0.2, 0.25) is 0 Å². The maximum Gasteiger partial charge on any atom is 0.161 e. The van der Waals surface area contributed by atoms with Gasteiger partial charge in [0.25, 0.3) is 0 Å². The van der Waals surface area contributed by atoms with Gasteiger partial charge >= 0.3 is 0 Å². The topological polar surface area (TPSA) is 21.7 Å². The third-order valence-corrected chi connectivity index (χ3v) is 4.27. The van der Waals surface area contributed by atoms with E-state index in [1.807, 2.05) is 6.07 Å². The van der Waals surface area contributed by atoms with E-state index < -0.39 is 0 Å². The molecule has 2 rings (SSSR count). The largest absolute Gasteiger partial charge is 0.493 e. The van der Waals surface area contributed by atoms with E-state index in [0.717, 1.165) is 30.3 Å². The van der Waals surface area contributed by atoms with Crippen molar-refractivity contribution >= 4 is 11.6 Å². The van der Waals surface area contributed by atoms with Gasteiger partial charge in [0.1, 0.15) is 0 Å². The first-order valence-electron chi connectivity index (χ1n) is 7.29. The molecule has 0 aromatic heterocycles. The van der Waals surface area contributed by atoms with Crippen molar-refractivity contribution in [3.05, 3.63) is 23.8 Å². The predicted octanol–water partition coefficient (Wildman–Crippen LogP) is 3.69. The molecule has 0 N–H and O–H groups in total. The van der Waals surface area contributed by atoms with Crippen molar-refractivity contribution in [1.29, 1.82) is 0 Å². The molecule has 0 amide bonds. The molecule has 1 aliphatic heterocycles. The highest BCUT2D eigenvalue weighted by Gasteiger charge is 2.24. The van der Waals surface area contributed by atoms with Crippen molar-refractivity contribution in [1.82, 2.24) is 4.90 Å². The van der Waals surface area contributed by atoms with Crippen LogP contribution in [0.15, 0.2) is 18.2 Å². The van der Waals surface area contributed by atoms with Crippen molar-refractivity contribution < 1.29 is 9.47 Å². The average Bonchev–Trinajstić information content (AvgIpc) is 2.92. The second-order valence-corrected chi connectivity index (χ2v) is 5.67. The molecule has 1 saturated heterocycles. The maximum atomic E-state index is 5.81. The summed E-state index contributed by atoms with van der Waals surface area (Å²) in [4.78, 5) is 2.56. The van der Waals surface area contributed by atoms with Crippen molar-refractivity contribution in [2.45, 2.75) is 38.3 Å². The van der Waals surface area contributed by atoms with Gasteiger partial charge in [0.2, 0.25) is 0 Å². The van der Waals surface area contributed by atoms with Gasteiger partial charge in [-0.15, -0.1) is 11.6 Å². The fraction of sp³-hybridized carbons (Fsp3) is 0.625. The summed E-state index contributed by atoms with van der Waals surface area (Å²) in [6, 6.07) is 6.87. The molecule has 0 aliphatic carbocycles. The van der Waals surface area contributed by atoms with E-state index in [2.05, 4.69) is 17.0 Å². The zero-order valence-electron chi connectivity index (χ0n) is 12.4. The van der Waals surface area contributed by atoms with Gasteiger partial charge in [0.05, 0.1) is 14.2 Å². The van der Waals surface area contributed by atoms with Crippen LogP contribution in [0.1, 0.15) is 31.2 Å². The molecule has 112 valence electrons. The maximum absolute atomic E-state index is 5.81. The molecule has 1 fully saturated rings. The molecule has 0 saturated carbocycles. The van der Waals surface area contributed by atoms with E-state index in [9.17, 15) is 0 Å². The number of rotatable bonds is 7. The van der Waals surface area contributed by atoms with Crippen molar-refractivity contribution in [2.24, 2.45) is 0 Å². The Bertz CT molecular complexity index is 425. The number of nitrogens with zero attached hydrogens (tertiary/aromatic N) is 1. The first-order chi connectivity index (χ1) is 9.78. The molecule has 1 aliphatic rings. The Labute approximate surface area is 126 Å². The van der Waals surface area contributed by atoms with Crippen LogP contribution >= 0.6 is 11.6 Å². The number of hydrogen-bond acceptors (Lipinski definition) is 3. The van der Waals surface area contributed by atoms with Gasteiger partial charge in [-0.2, -0.15) is 0 Å². The first kappa shape index (κ1) is 15.5. The number of methoxy groups -OCH3 is 2. The molecule has 0 bridgehead atoms. The summed E-state index contributed by atoms with van der Waals surface area (Å²) in [5.41, 5.74) is 1.28. The van der Waals surface area contributed by atoms with E-state index >= 15 is 0 Å². The SMILES string of the molecule is COc1ccc(CN2CCCC2CCCCl)cc1OC. The second-order valence-electron chi connectivity index (χ2n) is 5.29. The zero-order chi connectivity index (χ0) is 14.4. The van der Waals surface area contributed by atoms with Crippen LogP contribution in [0, 0.1) is 0 Å². The third kappa shape index (κ3) is 3.80. The van der Waals surface area contributed by atoms with E-state index in [1.165, 1.54) is 31.4 Å². The summed E-state index contributed by atoms with van der Waals surface area (Å²) in [7, 11) is 3.35. The lowest BCUT2D eigenvalue weighted by Gasteiger charge is -2.24. The van der Waals surface area contributed by atoms with Gasteiger partial charge in [-0.05, 0) is 49.9 Å². The lowest BCUT2D eigenvalue weighted by molar-refractivity contribution is 0.233. The highest BCUT2D eigenvalue weighted by molar-refractivity contribution is 6.17. The zero-order valence-corrected chi connectivity index (χ0v) is 13.2. The molecule has 1 aromatic carbocycles. The third-order valence-electron chi connectivity index (χ3n) is 4.00. The fourth-order valence-corrected chi connectivity index (χ4v) is 3.11. The molecule has 20 heavy (non-hydrogen) atoms. The molecular weight excluding hydrogens is 274 g/mol. The fourth-order valence-electron chi connectivity index (χ4n) is 2.96. The molecule has 3 nitrogen and oxygen atoms in total. The number of ether oxygens (including phenoxy) is 2. The van der Waals surface area contributed by atoms with Gasteiger partial charge in [-0.1, -0.05) is 6.07 Å². The summed E-state index contributed by atoms with van der Waals surface area (Å²) in [6.45, 7) is 2.16. The monoisotopic (exact) mass is 297 g/mol. The van der Waals surface area contributed by atoms with E-state index in [4.69, 9.17) is 21.1 Å². The Hall–Kier alpha value is -0.930. The minimum absolute atomic E-state index is 0.682. The van der Waals surface area contributed by atoms with Crippen LogP contribution < -0.4 is 9.47 Å². The van der Waals surface area contributed by atoms with Crippen LogP contribution in [0.5, 0.6) is 11.5 Å². The summed E-state index contributed by atoms with van der Waals surface area (Å²) in [5, 5.41) is 0. The summed E-state index contributed by atoms with van der Waals surface area (Å²) in [6.07, 6.45) is 4.90. The van der Waals surface area contributed by atoms with Crippen molar-refractivity contribution in [3.8, 4) is 11.5 Å². The Morgan fingerprint density at radius 1 is 1.25 bits per heavy atom. The van der Waals surface area contributed by atoms with Crippen molar-refractivity contribution in [3.63, 3.8) is 0 Å². The standard InChI is InChI=1S/C16H24ClNO2/c1-19-15-8-7-13(11-16(15)20-2)12-18-10-4-6-14(18)5-3-9-17/h7-8,11,14H,3-6,9-10,12H2,1-2H3. The second kappa shape index (κ2) is 7.75. The molecular formula is C16H24ClNO2. The quantitative estimate of drug-likeness (QED) is 0.717. The van der Waals surface area contributed by atoms with Crippen LogP contribution in [0.4, 0.5) is 0 Å². The molecule has 4 heteroatoms. The van der Waals surface area contributed by atoms with Gasteiger partial charge in [-0.3, -0.25) is 4.90 Å². The summed E-state index contributed by atoms with van der Waals surface area (Å²) < 4.78 is 10.7. The van der Waals surface area contributed by atoms with E-state index in [1.54, 1.807) is 14.2 Å². The molecule has 1 aromatic rings. The first-order valence-corrected chi connectivity index (χ1v) is 7.83. The van der Waals surface area contributed by atoms with E-state index in [0.29, 0.717) is 6.04 Å². The Morgan fingerprint density at radius 3 is 2.75 bits per heavy atom. The Balaban J connectivity index is 2.01. The number of benzene rings is 1.